The Morgan fingerprint density at radius 2 is 1.12 bits per heavy atom. The van der Waals surface area contributed by atoms with Gasteiger partial charge in [-0.3, -0.25) is 0 Å². The van der Waals surface area contributed by atoms with Crippen LogP contribution in [0.25, 0.3) is 0 Å². The molecule has 0 aromatic carbocycles. The van der Waals surface area contributed by atoms with Crippen molar-refractivity contribution in [2.75, 3.05) is 0 Å². The predicted octanol–water partition coefficient (Wildman–Crippen LogP) is 8.83. The molecule has 0 heterocycles. The van der Waals surface area contributed by atoms with Crippen LogP contribution in [0.2, 0.25) is 36.9 Å². The van der Waals surface area contributed by atoms with Gasteiger partial charge in [0.25, 0.3) is 0 Å². The van der Waals surface area contributed by atoms with Crippen LogP contribution in [0.3, 0.4) is 0 Å². The Balaban J connectivity index is 5.54. The zero-order valence-corrected chi connectivity index (χ0v) is 22.1. The van der Waals surface area contributed by atoms with Crippen molar-refractivity contribution >= 4 is 26.5 Å². The summed E-state index contributed by atoms with van der Waals surface area (Å²) in [6.45, 7) is 17.1. The Morgan fingerprint density at radius 1 is 0.708 bits per heavy atom. The van der Waals surface area contributed by atoms with Gasteiger partial charge in [-0.15, -0.1) is 0 Å². The van der Waals surface area contributed by atoms with Crippen molar-refractivity contribution in [1.29, 1.82) is 0 Å². The molecule has 0 unspecified atom stereocenters. The van der Waals surface area contributed by atoms with E-state index in [9.17, 15) is 0 Å². The molecule has 0 aromatic rings. The number of hydrogen-bond acceptors (Lipinski definition) is 0. The molecular formula is C22H48SiSn. The van der Waals surface area contributed by atoms with Gasteiger partial charge >= 0.3 is 161 Å². The van der Waals surface area contributed by atoms with Crippen LogP contribution < -0.4 is 0 Å². The molecule has 0 bridgehead atoms. The number of hydrogen-bond donors (Lipinski definition) is 0. The van der Waals surface area contributed by atoms with E-state index in [1.54, 1.807) is 13.3 Å². The van der Waals surface area contributed by atoms with Crippen LogP contribution in [0.1, 0.15) is 85.5 Å². The molecule has 0 nitrogen and oxygen atoms in total. The summed E-state index contributed by atoms with van der Waals surface area (Å²) >= 11 is -2.09. The van der Waals surface area contributed by atoms with Crippen molar-refractivity contribution in [3.8, 4) is 0 Å². The summed E-state index contributed by atoms with van der Waals surface area (Å²) in [6, 6.07) is 0. The number of unbranched alkanes of at least 4 members (excludes halogenated alkanes) is 4. The second-order valence-electron chi connectivity index (χ2n) is 9.15. The van der Waals surface area contributed by atoms with Crippen LogP contribution in [-0.2, 0) is 0 Å². The molecule has 0 rings (SSSR count). The van der Waals surface area contributed by atoms with E-state index in [4.69, 9.17) is 0 Å². The third kappa shape index (κ3) is 10.7. The molecular weight excluding hydrogens is 411 g/mol. The van der Waals surface area contributed by atoms with Gasteiger partial charge in [0.15, 0.2) is 0 Å². The molecule has 1 atom stereocenters. The summed E-state index contributed by atoms with van der Waals surface area (Å²) in [5, 5.41) is 0. The van der Waals surface area contributed by atoms with Crippen LogP contribution in [0.15, 0.2) is 11.8 Å². The Bertz CT molecular complexity index is 295. The average molecular weight is 459 g/mol. The van der Waals surface area contributed by atoms with Crippen molar-refractivity contribution in [1.82, 2.24) is 0 Å². The summed E-state index contributed by atoms with van der Waals surface area (Å²) in [4.78, 5) is 0. The molecule has 0 spiro atoms. The Kier molecular flexibility index (Phi) is 14.3. The third-order valence-corrected chi connectivity index (χ3v) is 24.2. The fourth-order valence-electron chi connectivity index (χ4n) is 3.95. The molecule has 0 aliphatic heterocycles. The second kappa shape index (κ2) is 13.9. The molecule has 0 radical (unpaired) electrons. The van der Waals surface area contributed by atoms with E-state index >= 15 is 0 Å². The fraction of sp³-hybridized carbons (Fsp3) is 0.909. The van der Waals surface area contributed by atoms with Gasteiger partial charge < -0.3 is 0 Å². The van der Waals surface area contributed by atoms with Crippen molar-refractivity contribution < 1.29 is 0 Å². The summed E-state index contributed by atoms with van der Waals surface area (Å²) < 4.78 is 6.01. The molecule has 0 aliphatic rings. The van der Waals surface area contributed by atoms with Crippen molar-refractivity contribution in [3.63, 3.8) is 0 Å². The van der Waals surface area contributed by atoms with Crippen LogP contribution >= 0.6 is 0 Å². The van der Waals surface area contributed by atoms with Gasteiger partial charge in [-0.25, -0.2) is 0 Å². The van der Waals surface area contributed by atoms with Gasteiger partial charge in [0.1, 0.15) is 0 Å². The van der Waals surface area contributed by atoms with Gasteiger partial charge in [-0.2, -0.15) is 0 Å². The van der Waals surface area contributed by atoms with Gasteiger partial charge in [0.2, 0.25) is 0 Å². The zero-order valence-electron chi connectivity index (χ0n) is 18.2. The Morgan fingerprint density at radius 3 is 1.46 bits per heavy atom. The first-order valence-electron chi connectivity index (χ1n) is 11.0. The Hall–Kier alpha value is 0.756. The third-order valence-electron chi connectivity index (χ3n) is 5.57. The summed E-state index contributed by atoms with van der Waals surface area (Å²) in [5.41, 5.74) is 2.70. The van der Waals surface area contributed by atoms with E-state index in [0.29, 0.717) is 0 Å². The van der Waals surface area contributed by atoms with E-state index in [-0.39, 0.29) is 0 Å². The molecule has 0 aliphatic carbocycles. The van der Waals surface area contributed by atoms with Crippen molar-refractivity contribution in [2.45, 2.75) is 122 Å². The van der Waals surface area contributed by atoms with Gasteiger partial charge in [0, 0.05) is 0 Å². The molecule has 0 N–H and O–H groups in total. The maximum atomic E-state index is 2.79. The SMILES string of the molecule is CCCC[C@H](/C=C\[Si](C)(C)C)[Sn]([CH2]CCC)([CH2]CCC)[CH2]CCC. The molecule has 144 valence electrons. The predicted molar refractivity (Wildman–Crippen MR) is 121 cm³/mol. The standard InChI is InChI=1S/C10H21Si.3C4H9.Sn/c1-5-6-7-8-9-10-11(2,3)4;3*1-3-4-2;/h8-10H,5-7H2,1-4H3;3*1,3-4H2,2H3;/b10-9-;;;;. The number of rotatable bonds is 15. The van der Waals surface area contributed by atoms with Crippen LogP contribution in [0.4, 0.5) is 0 Å². The molecule has 24 heavy (non-hydrogen) atoms. The topological polar surface area (TPSA) is 0 Å². The molecule has 2 heteroatoms. The maximum absolute atomic E-state index is 2.79. The monoisotopic (exact) mass is 460 g/mol. The molecule has 0 saturated heterocycles. The van der Waals surface area contributed by atoms with E-state index in [2.05, 4.69) is 59.1 Å². The second-order valence-corrected chi connectivity index (χ2v) is 28.4. The molecule has 0 saturated carbocycles. The molecule has 0 fully saturated rings. The minimum absolute atomic E-state index is 1.02. The van der Waals surface area contributed by atoms with E-state index in [1.165, 1.54) is 57.8 Å². The summed E-state index contributed by atoms with van der Waals surface area (Å²) in [7, 11) is -1.08. The van der Waals surface area contributed by atoms with E-state index in [1.807, 2.05) is 0 Å². The Labute approximate surface area is 160 Å². The normalized spacial score (nSPS) is 14.5. The summed E-state index contributed by atoms with van der Waals surface area (Å²) in [6.07, 6.45) is 15.8. The van der Waals surface area contributed by atoms with Crippen LogP contribution in [0.5, 0.6) is 0 Å². The number of allylic oxidation sites excluding steroid dienone is 1. The van der Waals surface area contributed by atoms with E-state index in [0.717, 1.165) is 3.93 Å². The average Bonchev–Trinajstić information content (AvgIpc) is 2.54. The molecule has 0 amide bonds. The quantitative estimate of drug-likeness (QED) is 0.215. The van der Waals surface area contributed by atoms with Gasteiger partial charge in [-0.05, 0) is 0 Å². The first-order chi connectivity index (χ1) is 11.3. The minimum atomic E-state index is -2.09. The van der Waals surface area contributed by atoms with Crippen molar-refractivity contribution in [2.24, 2.45) is 0 Å². The molecule has 0 aromatic heterocycles. The van der Waals surface area contributed by atoms with Crippen molar-refractivity contribution in [3.05, 3.63) is 11.8 Å². The van der Waals surface area contributed by atoms with E-state index < -0.39 is 26.5 Å². The fourth-order valence-corrected chi connectivity index (χ4v) is 23.5. The zero-order chi connectivity index (χ0) is 18.5. The summed E-state index contributed by atoms with van der Waals surface area (Å²) in [5.74, 6) is 0. The van der Waals surface area contributed by atoms with Gasteiger partial charge in [-0.1, -0.05) is 0 Å². The first kappa shape index (κ1) is 24.8. The first-order valence-corrected chi connectivity index (χ1v) is 22.3. The van der Waals surface area contributed by atoms with Gasteiger partial charge in [0.05, 0.1) is 0 Å². The van der Waals surface area contributed by atoms with Crippen LogP contribution in [0, 0.1) is 0 Å². The van der Waals surface area contributed by atoms with Crippen LogP contribution in [-0.4, -0.2) is 26.5 Å².